The predicted octanol–water partition coefficient (Wildman–Crippen LogP) is 14.4. The number of benzene rings is 10. The van der Waals surface area contributed by atoms with E-state index in [9.17, 15) is 0 Å². The highest BCUT2D eigenvalue weighted by molar-refractivity contribution is 6.26. The summed E-state index contributed by atoms with van der Waals surface area (Å²) in [5.41, 5.74) is 15.2. The van der Waals surface area contributed by atoms with Crippen molar-refractivity contribution < 1.29 is 0 Å². The molecule has 0 amide bonds. The van der Waals surface area contributed by atoms with Crippen LogP contribution in [0.2, 0.25) is 0 Å². The third kappa shape index (κ3) is 4.75. The zero-order chi connectivity index (χ0) is 41.2. The lowest BCUT2D eigenvalue weighted by molar-refractivity contribution is 0.794. The molecule has 0 fully saturated rings. The lowest BCUT2D eigenvalue weighted by Crippen LogP contribution is -2.26. The number of nitrogens with zero attached hydrogens (tertiary/aromatic N) is 4. The number of fused-ring (bicyclic) bond motifs is 18. The fraction of sp³-hybridized carbons (Fsp3) is 0.0169. The van der Waals surface area contributed by atoms with Gasteiger partial charge in [-0.25, -0.2) is 19.9 Å². The van der Waals surface area contributed by atoms with E-state index in [4.69, 9.17) is 19.9 Å². The Morgan fingerprint density at radius 1 is 0.317 bits per heavy atom. The molecule has 0 saturated heterocycles. The summed E-state index contributed by atoms with van der Waals surface area (Å²) in [7, 11) is 0. The molecule has 0 radical (unpaired) electrons. The lowest BCUT2D eigenvalue weighted by atomic mass is 9.70. The van der Waals surface area contributed by atoms with Gasteiger partial charge in [0.15, 0.2) is 11.6 Å². The quantitative estimate of drug-likeness (QED) is 0.132. The molecule has 0 aliphatic heterocycles. The van der Waals surface area contributed by atoms with Gasteiger partial charge in [-0.1, -0.05) is 170 Å². The molecule has 2 aromatic heterocycles. The maximum Gasteiger partial charge on any atom is 0.160 e. The Bertz CT molecular complexity index is 3880. The predicted molar refractivity (Wildman–Crippen MR) is 258 cm³/mol. The van der Waals surface area contributed by atoms with E-state index in [0.717, 1.165) is 55.0 Å². The van der Waals surface area contributed by atoms with E-state index >= 15 is 0 Å². The van der Waals surface area contributed by atoms with E-state index in [1.807, 2.05) is 12.3 Å². The molecule has 4 heteroatoms. The van der Waals surface area contributed by atoms with Crippen molar-refractivity contribution in [2.75, 3.05) is 0 Å². The van der Waals surface area contributed by atoms with Crippen LogP contribution in [0, 0.1) is 0 Å². The van der Waals surface area contributed by atoms with E-state index < -0.39 is 5.41 Å². The van der Waals surface area contributed by atoms with Crippen LogP contribution >= 0.6 is 0 Å². The minimum absolute atomic E-state index is 0.596. The van der Waals surface area contributed by atoms with Gasteiger partial charge in [0.25, 0.3) is 0 Å². The summed E-state index contributed by atoms with van der Waals surface area (Å²) in [6, 6.07) is 72.2. The molecular formula is C59H34N4. The van der Waals surface area contributed by atoms with Crippen LogP contribution in [-0.4, -0.2) is 19.9 Å². The Morgan fingerprint density at radius 2 is 0.857 bits per heavy atom. The SMILES string of the molecule is c1ccc(-c2nc(-c3ccc4c(c3)C3(c5ccccc5-c5ccccc53)c3cc(-c5ncc6c7ccccc7c7cc8ccccc8cc7c6n5)ccc3-4)nc3ccccc23)cc1. The van der Waals surface area contributed by atoms with Crippen molar-refractivity contribution in [2.45, 2.75) is 5.41 Å². The van der Waals surface area contributed by atoms with Gasteiger partial charge >= 0.3 is 0 Å². The molecule has 0 atom stereocenters. The van der Waals surface area contributed by atoms with Crippen LogP contribution in [0.4, 0.5) is 0 Å². The lowest BCUT2D eigenvalue weighted by Gasteiger charge is -2.31. The van der Waals surface area contributed by atoms with Crippen LogP contribution in [0.1, 0.15) is 22.3 Å². The summed E-state index contributed by atoms with van der Waals surface area (Å²) in [6.45, 7) is 0. The molecule has 2 aliphatic carbocycles. The normalized spacial score (nSPS) is 13.2. The molecule has 0 saturated carbocycles. The van der Waals surface area contributed by atoms with Gasteiger partial charge in [0.2, 0.25) is 0 Å². The summed E-state index contributed by atoms with van der Waals surface area (Å²) in [4.78, 5) is 21.2. The van der Waals surface area contributed by atoms with E-state index in [1.54, 1.807) is 0 Å². The Labute approximate surface area is 362 Å². The van der Waals surface area contributed by atoms with Crippen molar-refractivity contribution in [3.8, 4) is 56.3 Å². The molecule has 0 bridgehead atoms. The molecule has 10 aromatic carbocycles. The minimum atomic E-state index is -0.596. The second kappa shape index (κ2) is 12.8. The third-order valence-corrected chi connectivity index (χ3v) is 13.7. The average Bonchev–Trinajstić information content (AvgIpc) is 3.82. The van der Waals surface area contributed by atoms with E-state index in [0.29, 0.717) is 11.6 Å². The Morgan fingerprint density at radius 3 is 1.56 bits per heavy atom. The Balaban J connectivity index is 1.01. The van der Waals surface area contributed by atoms with Gasteiger partial charge in [0.05, 0.1) is 22.1 Å². The van der Waals surface area contributed by atoms with Crippen molar-refractivity contribution in [3.63, 3.8) is 0 Å². The van der Waals surface area contributed by atoms with Crippen LogP contribution in [0.25, 0.3) is 110 Å². The van der Waals surface area contributed by atoms with Crippen molar-refractivity contribution >= 4 is 54.1 Å². The molecule has 2 aliphatic rings. The standard InChI is InChI=1S/C59H34N4/c1-2-14-35(15-3-1)55-46-22-10-13-25-54(46)61-58(62-55)39-27-29-45-44-28-26-38(32-52(44)59(53(45)33-39)50-23-11-8-20-42(50)43-21-9-12-24-51(43)59)57-60-34-49-41-19-7-6-18-40(41)47-30-36-16-4-5-17-37(36)31-48(47)56(49)63-57/h1-34H. The highest BCUT2D eigenvalue weighted by atomic mass is 14.9. The van der Waals surface area contributed by atoms with Crippen molar-refractivity contribution in [1.29, 1.82) is 0 Å². The van der Waals surface area contributed by atoms with Gasteiger partial charge < -0.3 is 0 Å². The molecule has 14 rings (SSSR count). The summed E-state index contributed by atoms with van der Waals surface area (Å²) in [6.07, 6.45) is 2.03. The summed E-state index contributed by atoms with van der Waals surface area (Å²) in [5, 5.41) is 9.21. The molecule has 4 nitrogen and oxygen atoms in total. The van der Waals surface area contributed by atoms with Gasteiger partial charge in [-0.3, -0.25) is 0 Å². The Hall–Kier alpha value is -8.34. The smallest absolute Gasteiger partial charge is 0.160 e. The molecule has 0 N–H and O–H groups in total. The highest BCUT2D eigenvalue weighted by Gasteiger charge is 2.52. The molecular weight excluding hydrogens is 765 g/mol. The van der Waals surface area contributed by atoms with E-state index in [-0.39, 0.29) is 0 Å². The first-order chi connectivity index (χ1) is 31.2. The first-order valence-corrected chi connectivity index (χ1v) is 21.5. The number of rotatable bonds is 3. The first kappa shape index (κ1) is 34.4. The fourth-order valence-corrected chi connectivity index (χ4v) is 11.0. The van der Waals surface area contributed by atoms with E-state index in [1.165, 1.54) is 66.1 Å². The van der Waals surface area contributed by atoms with Crippen molar-refractivity contribution in [1.82, 2.24) is 19.9 Å². The maximum atomic E-state index is 5.49. The number of hydrogen-bond donors (Lipinski definition) is 0. The van der Waals surface area contributed by atoms with Gasteiger partial charge in [-0.15, -0.1) is 0 Å². The summed E-state index contributed by atoms with van der Waals surface area (Å²) >= 11 is 0. The van der Waals surface area contributed by atoms with Crippen molar-refractivity contribution in [3.05, 3.63) is 229 Å². The third-order valence-electron chi connectivity index (χ3n) is 13.7. The largest absolute Gasteiger partial charge is 0.236 e. The van der Waals surface area contributed by atoms with Crippen LogP contribution in [-0.2, 0) is 5.41 Å². The van der Waals surface area contributed by atoms with Crippen LogP contribution in [0.5, 0.6) is 0 Å². The van der Waals surface area contributed by atoms with Crippen LogP contribution in [0.15, 0.2) is 206 Å². The molecule has 0 unspecified atom stereocenters. The van der Waals surface area contributed by atoms with Crippen LogP contribution in [0.3, 0.4) is 0 Å². The first-order valence-electron chi connectivity index (χ1n) is 21.5. The fourth-order valence-electron chi connectivity index (χ4n) is 11.0. The molecule has 63 heavy (non-hydrogen) atoms. The molecule has 2 heterocycles. The zero-order valence-corrected chi connectivity index (χ0v) is 33.9. The molecule has 290 valence electrons. The van der Waals surface area contributed by atoms with Gasteiger partial charge in [-0.05, 0) is 102 Å². The zero-order valence-electron chi connectivity index (χ0n) is 33.9. The second-order valence-electron chi connectivity index (χ2n) is 16.9. The van der Waals surface area contributed by atoms with Gasteiger partial charge in [0, 0.05) is 39.0 Å². The number of hydrogen-bond acceptors (Lipinski definition) is 4. The molecule has 1 spiro atoms. The summed E-state index contributed by atoms with van der Waals surface area (Å²) < 4.78 is 0. The molecule has 12 aromatic rings. The summed E-state index contributed by atoms with van der Waals surface area (Å²) in [5.74, 6) is 1.42. The topological polar surface area (TPSA) is 51.6 Å². The minimum Gasteiger partial charge on any atom is -0.236 e. The van der Waals surface area contributed by atoms with Crippen molar-refractivity contribution in [2.24, 2.45) is 0 Å². The second-order valence-corrected chi connectivity index (χ2v) is 16.9. The monoisotopic (exact) mass is 798 g/mol. The van der Waals surface area contributed by atoms with Crippen LogP contribution < -0.4 is 0 Å². The number of para-hydroxylation sites is 1. The van der Waals surface area contributed by atoms with Gasteiger partial charge in [-0.2, -0.15) is 0 Å². The average molecular weight is 799 g/mol. The van der Waals surface area contributed by atoms with E-state index in [2.05, 4.69) is 194 Å². The number of aromatic nitrogens is 4. The highest BCUT2D eigenvalue weighted by Crippen LogP contribution is 2.63. The van der Waals surface area contributed by atoms with Gasteiger partial charge in [0.1, 0.15) is 0 Å². The maximum absolute atomic E-state index is 5.49. The Kier molecular flexibility index (Phi) is 7.01.